The van der Waals surface area contributed by atoms with Crippen molar-refractivity contribution >= 4 is 21.8 Å². The molecule has 0 unspecified atom stereocenters. The molecule has 0 aliphatic rings. The number of sulfonamides is 1. The van der Waals surface area contributed by atoms with E-state index in [0.717, 1.165) is 0 Å². The fraction of sp³-hybridized carbons (Fsp3) is 0.273. The minimum atomic E-state index is -3.76. The van der Waals surface area contributed by atoms with Crippen molar-refractivity contribution in [1.29, 1.82) is 0 Å². The van der Waals surface area contributed by atoms with Gasteiger partial charge in [0, 0.05) is 13.5 Å². The molecule has 0 radical (unpaired) electrons. The first kappa shape index (κ1) is 15.1. The van der Waals surface area contributed by atoms with Crippen LogP contribution in [0.25, 0.3) is 0 Å². The van der Waals surface area contributed by atoms with Gasteiger partial charge in [-0.25, -0.2) is 13.6 Å². The van der Waals surface area contributed by atoms with Gasteiger partial charge in [-0.15, -0.1) is 0 Å². The van der Waals surface area contributed by atoms with E-state index in [1.165, 1.54) is 25.1 Å². The highest BCUT2D eigenvalue weighted by molar-refractivity contribution is 7.89. The molecule has 8 heteroatoms. The molecule has 0 spiro atoms. The summed E-state index contributed by atoms with van der Waals surface area (Å²) in [6.45, 7) is 1.34. The highest BCUT2D eigenvalue weighted by Crippen LogP contribution is 2.09. The van der Waals surface area contributed by atoms with E-state index in [4.69, 9.17) is 5.14 Å². The van der Waals surface area contributed by atoms with E-state index in [1.807, 2.05) is 0 Å². The Morgan fingerprint density at radius 2 is 1.95 bits per heavy atom. The van der Waals surface area contributed by atoms with E-state index >= 15 is 0 Å². The molecule has 0 saturated heterocycles. The van der Waals surface area contributed by atoms with Crippen molar-refractivity contribution in [3.63, 3.8) is 0 Å². The van der Waals surface area contributed by atoms with E-state index < -0.39 is 10.0 Å². The van der Waals surface area contributed by atoms with Gasteiger partial charge in [-0.1, -0.05) is 12.1 Å². The largest absolute Gasteiger partial charge is 0.350 e. The SMILES string of the molecule is CC(=O)NCC(=O)NCc1cccc(S(N)(=O)=O)c1. The molecule has 4 N–H and O–H groups in total. The maximum atomic E-state index is 11.3. The van der Waals surface area contributed by atoms with Crippen LogP contribution in [0.4, 0.5) is 0 Å². The van der Waals surface area contributed by atoms with Crippen LogP contribution in [0.1, 0.15) is 12.5 Å². The molecule has 0 bridgehead atoms. The van der Waals surface area contributed by atoms with E-state index in [2.05, 4.69) is 10.6 Å². The van der Waals surface area contributed by atoms with Crippen LogP contribution in [0.15, 0.2) is 29.2 Å². The van der Waals surface area contributed by atoms with Crippen LogP contribution < -0.4 is 15.8 Å². The van der Waals surface area contributed by atoms with E-state index in [1.54, 1.807) is 6.07 Å². The lowest BCUT2D eigenvalue weighted by atomic mass is 10.2. The Kier molecular flexibility index (Phi) is 5.02. The zero-order chi connectivity index (χ0) is 14.5. The highest BCUT2D eigenvalue weighted by atomic mass is 32.2. The van der Waals surface area contributed by atoms with Crippen LogP contribution in [0.5, 0.6) is 0 Å². The number of rotatable bonds is 5. The number of carbonyl (C=O) groups is 2. The van der Waals surface area contributed by atoms with E-state index in [0.29, 0.717) is 5.56 Å². The molecule has 2 amide bonds. The molecule has 0 heterocycles. The second kappa shape index (κ2) is 6.30. The number of benzene rings is 1. The standard InChI is InChI=1S/C11H15N3O4S/c1-8(15)13-7-11(16)14-6-9-3-2-4-10(5-9)19(12,17)18/h2-5H,6-7H2,1H3,(H,13,15)(H,14,16)(H2,12,17,18). The van der Waals surface area contributed by atoms with Gasteiger partial charge in [-0.2, -0.15) is 0 Å². The first-order valence-electron chi connectivity index (χ1n) is 5.42. The van der Waals surface area contributed by atoms with Crippen molar-refractivity contribution in [3.8, 4) is 0 Å². The summed E-state index contributed by atoms with van der Waals surface area (Å²) in [5.74, 6) is -0.664. The molecule has 0 atom stereocenters. The molecular weight excluding hydrogens is 270 g/mol. The quantitative estimate of drug-likeness (QED) is 0.648. The van der Waals surface area contributed by atoms with Crippen molar-refractivity contribution in [3.05, 3.63) is 29.8 Å². The molecule has 1 aromatic rings. The lowest BCUT2D eigenvalue weighted by Crippen LogP contribution is -2.35. The van der Waals surface area contributed by atoms with Crippen LogP contribution >= 0.6 is 0 Å². The van der Waals surface area contributed by atoms with Crippen molar-refractivity contribution in [2.24, 2.45) is 5.14 Å². The number of carbonyl (C=O) groups excluding carboxylic acids is 2. The number of primary sulfonamides is 1. The normalized spacial score (nSPS) is 10.8. The summed E-state index contributed by atoms with van der Waals surface area (Å²) in [5.41, 5.74) is 0.600. The minimum absolute atomic E-state index is 0.0129. The predicted molar refractivity (Wildman–Crippen MR) is 68.3 cm³/mol. The summed E-state index contributed by atoms with van der Waals surface area (Å²) in [6.07, 6.45) is 0. The van der Waals surface area contributed by atoms with E-state index in [-0.39, 0.29) is 29.8 Å². The fourth-order valence-corrected chi connectivity index (χ4v) is 1.88. The van der Waals surface area contributed by atoms with Crippen LogP contribution in [0.3, 0.4) is 0 Å². The van der Waals surface area contributed by atoms with Crippen molar-refractivity contribution in [1.82, 2.24) is 10.6 Å². The molecule has 0 fully saturated rings. The summed E-state index contributed by atoms with van der Waals surface area (Å²) in [7, 11) is -3.76. The lowest BCUT2D eigenvalue weighted by Gasteiger charge is -2.07. The van der Waals surface area contributed by atoms with Gasteiger partial charge in [-0.3, -0.25) is 9.59 Å². The van der Waals surface area contributed by atoms with Gasteiger partial charge in [0.05, 0.1) is 11.4 Å². The molecule has 19 heavy (non-hydrogen) atoms. The Bertz CT molecular complexity index is 583. The van der Waals surface area contributed by atoms with Gasteiger partial charge in [0.2, 0.25) is 21.8 Å². The zero-order valence-corrected chi connectivity index (χ0v) is 11.2. The maximum Gasteiger partial charge on any atom is 0.239 e. The second-order valence-electron chi connectivity index (χ2n) is 3.88. The molecule has 1 aromatic carbocycles. The number of hydrogen-bond donors (Lipinski definition) is 3. The Morgan fingerprint density at radius 1 is 1.26 bits per heavy atom. The van der Waals surface area contributed by atoms with Crippen molar-refractivity contribution < 1.29 is 18.0 Å². The highest BCUT2D eigenvalue weighted by Gasteiger charge is 2.08. The monoisotopic (exact) mass is 285 g/mol. The molecule has 0 aromatic heterocycles. The van der Waals surface area contributed by atoms with Crippen molar-refractivity contribution in [2.75, 3.05) is 6.54 Å². The molecule has 7 nitrogen and oxygen atoms in total. The first-order chi connectivity index (χ1) is 8.79. The third-order valence-electron chi connectivity index (χ3n) is 2.21. The number of hydrogen-bond acceptors (Lipinski definition) is 4. The van der Waals surface area contributed by atoms with Crippen LogP contribution in [-0.4, -0.2) is 26.8 Å². The average molecular weight is 285 g/mol. The molecular formula is C11H15N3O4S. The fourth-order valence-electron chi connectivity index (χ4n) is 1.30. The Balaban J connectivity index is 2.59. The predicted octanol–water partition coefficient (Wildman–Crippen LogP) is -0.914. The Hall–Kier alpha value is -1.93. The summed E-state index contributed by atoms with van der Waals surface area (Å²) in [4.78, 5) is 21.9. The van der Waals surface area contributed by atoms with Crippen LogP contribution in [0.2, 0.25) is 0 Å². The smallest absolute Gasteiger partial charge is 0.239 e. The Morgan fingerprint density at radius 3 is 2.53 bits per heavy atom. The molecule has 0 saturated carbocycles. The van der Waals surface area contributed by atoms with Crippen molar-refractivity contribution in [2.45, 2.75) is 18.4 Å². The molecule has 1 rings (SSSR count). The van der Waals surface area contributed by atoms with Gasteiger partial charge < -0.3 is 10.6 Å². The number of amides is 2. The van der Waals surface area contributed by atoms with Gasteiger partial charge in [-0.05, 0) is 17.7 Å². The number of nitrogens with two attached hydrogens (primary N) is 1. The summed E-state index contributed by atoms with van der Waals surface area (Å²) in [6, 6.07) is 5.95. The Labute approximate surface area is 111 Å². The zero-order valence-electron chi connectivity index (χ0n) is 10.3. The minimum Gasteiger partial charge on any atom is -0.350 e. The topological polar surface area (TPSA) is 118 Å². The first-order valence-corrected chi connectivity index (χ1v) is 6.96. The number of nitrogens with one attached hydrogen (secondary N) is 2. The van der Waals surface area contributed by atoms with Gasteiger partial charge in [0.25, 0.3) is 0 Å². The second-order valence-corrected chi connectivity index (χ2v) is 5.44. The van der Waals surface area contributed by atoms with Gasteiger partial charge >= 0.3 is 0 Å². The molecule has 0 aliphatic heterocycles. The summed E-state index contributed by atoms with van der Waals surface area (Å²) in [5, 5.41) is 9.89. The molecule has 0 aliphatic carbocycles. The summed E-state index contributed by atoms with van der Waals surface area (Å²) < 4.78 is 22.3. The van der Waals surface area contributed by atoms with Crippen LogP contribution in [0, 0.1) is 0 Å². The third kappa shape index (κ3) is 5.49. The molecule has 104 valence electrons. The third-order valence-corrected chi connectivity index (χ3v) is 3.13. The average Bonchev–Trinajstić information content (AvgIpc) is 2.33. The maximum absolute atomic E-state index is 11.3. The lowest BCUT2D eigenvalue weighted by molar-refractivity contribution is -0.125. The summed E-state index contributed by atoms with van der Waals surface area (Å²) >= 11 is 0. The van der Waals surface area contributed by atoms with Gasteiger partial charge in [0.1, 0.15) is 0 Å². The van der Waals surface area contributed by atoms with Gasteiger partial charge in [0.15, 0.2) is 0 Å². The van der Waals surface area contributed by atoms with E-state index in [9.17, 15) is 18.0 Å². The van der Waals surface area contributed by atoms with Crippen LogP contribution in [-0.2, 0) is 26.2 Å².